The highest BCUT2D eigenvalue weighted by atomic mass is 16.5. The van der Waals surface area contributed by atoms with E-state index >= 15 is 0 Å². The molecular formula is C18H30O6. The van der Waals surface area contributed by atoms with Gasteiger partial charge in [-0.3, -0.25) is 9.59 Å². The lowest BCUT2D eigenvalue weighted by Gasteiger charge is -2.16. The fourth-order valence-corrected chi connectivity index (χ4v) is 2.60. The zero-order valence-electron chi connectivity index (χ0n) is 15.3. The molecule has 24 heavy (non-hydrogen) atoms. The minimum Gasteiger partial charge on any atom is -0.466 e. The van der Waals surface area contributed by atoms with Crippen LogP contribution < -0.4 is 0 Å². The first-order valence-corrected chi connectivity index (χ1v) is 8.63. The maximum Gasteiger partial charge on any atom is 0.309 e. The molecule has 2 unspecified atom stereocenters. The number of carbonyl (C=O) groups is 4. The van der Waals surface area contributed by atoms with E-state index in [1.54, 1.807) is 13.8 Å². The molecule has 0 aliphatic heterocycles. The molecule has 2 atom stereocenters. The predicted molar refractivity (Wildman–Crippen MR) is 89.3 cm³/mol. The van der Waals surface area contributed by atoms with Crippen molar-refractivity contribution in [2.75, 3.05) is 13.2 Å². The van der Waals surface area contributed by atoms with Crippen LogP contribution in [0.25, 0.3) is 0 Å². The van der Waals surface area contributed by atoms with Crippen molar-refractivity contribution >= 4 is 23.5 Å². The van der Waals surface area contributed by atoms with E-state index in [9.17, 15) is 19.2 Å². The summed E-state index contributed by atoms with van der Waals surface area (Å²) in [7, 11) is 0. The molecular weight excluding hydrogens is 312 g/mol. The summed E-state index contributed by atoms with van der Waals surface area (Å²) in [5, 5.41) is 0. The number of ether oxygens (including phenoxy) is 2. The maximum atomic E-state index is 11.9. The number of rotatable bonds is 13. The molecule has 0 aromatic heterocycles. The fourth-order valence-electron chi connectivity index (χ4n) is 2.60. The van der Waals surface area contributed by atoms with Crippen LogP contribution in [0.3, 0.4) is 0 Å². The number of Topliss-reactive ketones (excluding diaryl/α,β-unsaturated/α-hetero) is 2. The van der Waals surface area contributed by atoms with Gasteiger partial charge in [0.1, 0.15) is 11.6 Å². The van der Waals surface area contributed by atoms with Crippen molar-refractivity contribution in [3.63, 3.8) is 0 Å². The first-order chi connectivity index (χ1) is 11.3. The number of esters is 2. The van der Waals surface area contributed by atoms with E-state index < -0.39 is 11.8 Å². The highest BCUT2D eigenvalue weighted by Gasteiger charge is 2.23. The summed E-state index contributed by atoms with van der Waals surface area (Å²) in [5.74, 6) is -1.66. The van der Waals surface area contributed by atoms with Crippen LogP contribution in [0, 0.1) is 11.8 Å². The molecule has 138 valence electrons. The van der Waals surface area contributed by atoms with E-state index in [-0.39, 0.29) is 49.6 Å². The highest BCUT2D eigenvalue weighted by molar-refractivity contribution is 5.83. The molecule has 0 aromatic carbocycles. The van der Waals surface area contributed by atoms with E-state index in [1.165, 1.54) is 13.8 Å². The van der Waals surface area contributed by atoms with Gasteiger partial charge in [-0.15, -0.1) is 0 Å². The standard InChI is InChI=1S/C18H30O6/c1-5-23-17(21)15(11-13(3)19)9-7-8-10-16(12-14(4)20)18(22)24-6-2/h15-16H,5-12H2,1-4H3. The van der Waals surface area contributed by atoms with Crippen LogP contribution >= 0.6 is 0 Å². The van der Waals surface area contributed by atoms with Gasteiger partial charge in [0, 0.05) is 12.8 Å². The van der Waals surface area contributed by atoms with Gasteiger partial charge in [0.2, 0.25) is 0 Å². The summed E-state index contributed by atoms with van der Waals surface area (Å²) < 4.78 is 9.99. The number of unbranched alkanes of at least 4 members (excludes halogenated alkanes) is 1. The van der Waals surface area contributed by atoms with Gasteiger partial charge >= 0.3 is 11.9 Å². The highest BCUT2D eigenvalue weighted by Crippen LogP contribution is 2.20. The zero-order chi connectivity index (χ0) is 18.5. The molecule has 0 saturated carbocycles. The van der Waals surface area contributed by atoms with Gasteiger partial charge in [0.25, 0.3) is 0 Å². The Labute approximate surface area is 144 Å². The zero-order valence-corrected chi connectivity index (χ0v) is 15.3. The first-order valence-electron chi connectivity index (χ1n) is 8.63. The third kappa shape index (κ3) is 10.1. The lowest BCUT2D eigenvalue weighted by atomic mass is 9.92. The lowest BCUT2D eigenvalue weighted by molar-refractivity contribution is -0.150. The molecule has 0 aliphatic rings. The number of hydrogen-bond acceptors (Lipinski definition) is 6. The van der Waals surface area contributed by atoms with Crippen molar-refractivity contribution in [1.29, 1.82) is 0 Å². The molecule has 0 aliphatic carbocycles. The van der Waals surface area contributed by atoms with Crippen molar-refractivity contribution < 1.29 is 28.7 Å². The molecule has 6 nitrogen and oxygen atoms in total. The maximum absolute atomic E-state index is 11.9. The summed E-state index contributed by atoms with van der Waals surface area (Å²) in [4.78, 5) is 46.3. The van der Waals surface area contributed by atoms with Gasteiger partial charge in [0.15, 0.2) is 0 Å². The molecule has 0 fully saturated rings. The SMILES string of the molecule is CCOC(=O)C(CCCCC(CC(C)=O)C(=O)OCC)CC(C)=O. The van der Waals surface area contributed by atoms with Gasteiger partial charge in [-0.1, -0.05) is 12.8 Å². The molecule has 0 rings (SSSR count). The second-order valence-electron chi connectivity index (χ2n) is 5.99. The number of ketones is 2. The largest absolute Gasteiger partial charge is 0.466 e. The molecule has 0 aromatic rings. The Kier molecular flexibility index (Phi) is 11.8. The van der Waals surface area contributed by atoms with Crippen LogP contribution in [0.15, 0.2) is 0 Å². The quantitative estimate of drug-likeness (QED) is 0.378. The first kappa shape index (κ1) is 22.3. The molecule has 0 bridgehead atoms. The molecule has 0 heterocycles. The minimum atomic E-state index is -0.434. The molecule has 0 radical (unpaired) electrons. The Morgan fingerprint density at radius 1 is 0.708 bits per heavy atom. The van der Waals surface area contributed by atoms with Crippen LogP contribution in [0.2, 0.25) is 0 Å². The Bertz CT molecular complexity index is 389. The van der Waals surface area contributed by atoms with Crippen molar-refractivity contribution in [1.82, 2.24) is 0 Å². The van der Waals surface area contributed by atoms with Crippen LogP contribution in [0.4, 0.5) is 0 Å². The van der Waals surface area contributed by atoms with Crippen molar-refractivity contribution in [2.24, 2.45) is 11.8 Å². The average molecular weight is 342 g/mol. The Morgan fingerprint density at radius 3 is 1.29 bits per heavy atom. The average Bonchev–Trinajstić information content (AvgIpc) is 2.48. The summed E-state index contributed by atoms with van der Waals surface area (Å²) in [6.07, 6.45) is 2.79. The smallest absolute Gasteiger partial charge is 0.309 e. The Balaban J connectivity index is 4.44. The monoisotopic (exact) mass is 342 g/mol. The van der Waals surface area contributed by atoms with Crippen LogP contribution in [0.1, 0.15) is 66.2 Å². The second-order valence-corrected chi connectivity index (χ2v) is 5.99. The topological polar surface area (TPSA) is 86.7 Å². The van der Waals surface area contributed by atoms with Gasteiger partial charge in [-0.25, -0.2) is 0 Å². The van der Waals surface area contributed by atoms with Crippen LogP contribution in [-0.2, 0) is 28.7 Å². The number of carbonyl (C=O) groups excluding carboxylic acids is 4. The van der Waals surface area contributed by atoms with Gasteiger partial charge in [-0.2, -0.15) is 0 Å². The van der Waals surface area contributed by atoms with Crippen LogP contribution in [0.5, 0.6) is 0 Å². The Morgan fingerprint density at radius 2 is 1.04 bits per heavy atom. The molecule has 0 N–H and O–H groups in total. The third-order valence-corrected chi connectivity index (χ3v) is 3.66. The summed E-state index contributed by atoms with van der Waals surface area (Å²) >= 11 is 0. The minimum absolute atomic E-state index is 0.0472. The van der Waals surface area contributed by atoms with E-state index in [1.807, 2.05) is 0 Å². The van der Waals surface area contributed by atoms with Crippen molar-refractivity contribution in [3.8, 4) is 0 Å². The van der Waals surface area contributed by atoms with E-state index in [0.717, 1.165) is 0 Å². The third-order valence-electron chi connectivity index (χ3n) is 3.66. The summed E-state index contributed by atoms with van der Waals surface area (Å²) in [6, 6.07) is 0. The molecule has 0 saturated heterocycles. The van der Waals surface area contributed by atoms with Gasteiger partial charge in [-0.05, 0) is 40.5 Å². The molecule has 0 amide bonds. The normalized spacial score (nSPS) is 13.0. The lowest BCUT2D eigenvalue weighted by Crippen LogP contribution is -2.21. The van der Waals surface area contributed by atoms with Crippen molar-refractivity contribution in [3.05, 3.63) is 0 Å². The summed E-state index contributed by atoms with van der Waals surface area (Å²) in [5.41, 5.74) is 0. The van der Waals surface area contributed by atoms with E-state index in [0.29, 0.717) is 25.7 Å². The van der Waals surface area contributed by atoms with Crippen molar-refractivity contribution in [2.45, 2.75) is 66.2 Å². The second kappa shape index (κ2) is 12.7. The summed E-state index contributed by atoms with van der Waals surface area (Å²) in [6.45, 7) is 6.95. The molecule has 6 heteroatoms. The fraction of sp³-hybridized carbons (Fsp3) is 0.778. The Hall–Kier alpha value is -1.72. The number of hydrogen-bond donors (Lipinski definition) is 0. The molecule has 0 spiro atoms. The predicted octanol–water partition coefficient (Wildman–Crippen LogP) is 2.86. The van der Waals surface area contributed by atoms with Gasteiger partial charge < -0.3 is 19.1 Å². The van der Waals surface area contributed by atoms with Crippen LogP contribution in [-0.4, -0.2) is 36.7 Å². The van der Waals surface area contributed by atoms with Gasteiger partial charge in [0.05, 0.1) is 25.0 Å². The van der Waals surface area contributed by atoms with E-state index in [4.69, 9.17) is 9.47 Å². The van der Waals surface area contributed by atoms with E-state index in [2.05, 4.69) is 0 Å².